The van der Waals surface area contributed by atoms with Gasteiger partial charge in [-0.05, 0) is 31.6 Å². The molecular weight excluding hydrogens is 174 g/mol. The van der Waals surface area contributed by atoms with Crippen LogP contribution in [0.1, 0.15) is 37.4 Å². The molecule has 0 radical (unpaired) electrons. The molecule has 0 atom stereocenters. The third-order valence-electron chi connectivity index (χ3n) is 3.46. The van der Waals surface area contributed by atoms with E-state index in [4.69, 9.17) is 0 Å². The van der Waals surface area contributed by atoms with Crippen LogP contribution in [-0.2, 0) is 6.54 Å². The smallest absolute Gasteiger partial charge is 0.0535 e. The lowest BCUT2D eigenvalue weighted by molar-refractivity contribution is 0.443. The standard InChI is InChI=1S/C11H19N3/c1-3-11(4-5-11)8-12-6-10-7-13-14-9(10)2/h7,12H,3-6,8H2,1-2H3,(H,13,14). The summed E-state index contributed by atoms with van der Waals surface area (Å²) in [4.78, 5) is 0. The molecule has 1 aromatic rings. The number of aromatic amines is 1. The van der Waals surface area contributed by atoms with Crippen molar-refractivity contribution >= 4 is 0 Å². The van der Waals surface area contributed by atoms with Crippen LogP contribution in [0.25, 0.3) is 0 Å². The van der Waals surface area contributed by atoms with E-state index < -0.39 is 0 Å². The zero-order valence-corrected chi connectivity index (χ0v) is 9.06. The molecule has 78 valence electrons. The number of aromatic nitrogens is 2. The lowest BCUT2D eigenvalue weighted by Gasteiger charge is -2.12. The second kappa shape index (κ2) is 3.73. The summed E-state index contributed by atoms with van der Waals surface area (Å²) in [6, 6.07) is 0. The summed E-state index contributed by atoms with van der Waals surface area (Å²) in [6.45, 7) is 6.46. The average Bonchev–Trinajstić information content (AvgIpc) is 2.86. The highest BCUT2D eigenvalue weighted by molar-refractivity contribution is 5.13. The molecule has 1 aliphatic rings. The van der Waals surface area contributed by atoms with Crippen molar-refractivity contribution in [3.8, 4) is 0 Å². The molecule has 3 heteroatoms. The van der Waals surface area contributed by atoms with E-state index in [1.165, 1.54) is 30.5 Å². The molecule has 0 saturated heterocycles. The van der Waals surface area contributed by atoms with E-state index in [1.807, 2.05) is 6.20 Å². The predicted octanol–water partition coefficient (Wildman–Crippen LogP) is 2.00. The molecule has 1 fully saturated rings. The quantitative estimate of drug-likeness (QED) is 0.751. The van der Waals surface area contributed by atoms with Crippen LogP contribution in [0.5, 0.6) is 0 Å². The molecule has 0 bridgehead atoms. The van der Waals surface area contributed by atoms with E-state index >= 15 is 0 Å². The molecule has 0 amide bonds. The van der Waals surface area contributed by atoms with E-state index in [-0.39, 0.29) is 0 Å². The van der Waals surface area contributed by atoms with Gasteiger partial charge in [-0.2, -0.15) is 5.10 Å². The van der Waals surface area contributed by atoms with Crippen molar-refractivity contribution in [2.45, 2.75) is 39.7 Å². The third-order valence-corrected chi connectivity index (χ3v) is 3.46. The van der Waals surface area contributed by atoms with Gasteiger partial charge in [0.1, 0.15) is 0 Å². The maximum Gasteiger partial charge on any atom is 0.0535 e. The molecule has 1 saturated carbocycles. The molecular formula is C11H19N3. The maximum absolute atomic E-state index is 4.01. The van der Waals surface area contributed by atoms with Crippen molar-refractivity contribution < 1.29 is 0 Å². The molecule has 1 aromatic heterocycles. The van der Waals surface area contributed by atoms with Crippen LogP contribution in [0.15, 0.2) is 6.20 Å². The number of H-pyrrole nitrogens is 1. The van der Waals surface area contributed by atoms with Gasteiger partial charge in [0.05, 0.1) is 6.20 Å². The number of hydrogen-bond acceptors (Lipinski definition) is 2. The van der Waals surface area contributed by atoms with Gasteiger partial charge in [-0.1, -0.05) is 6.92 Å². The Morgan fingerprint density at radius 1 is 1.57 bits per heavy atom. The highest BCUT2D eigenvalue weighted by atomic mass is 15.1. The van der Waals surface area contributed by atoms with Crippen LogP contribution in [0.3, 0.4) is 0 Å². The fraction of sp³-hybridized carbons (Fsp3) is 0.727. The number of rotatable bonds is 5. The van der Waals surface area contributed by atoms with Crippen LogP contribution in [0.2, 0.25) is 0 Å². The van der Waals surface area contributed by atoms with Crippen molar-refractivity contribution in [3.05, 3.63) is 17.5 Å². The predicted molar refractivity (Wildman–Crippen MR) is 57.0 cm³/mol. The molecule has 2 rings (SSSR count). The van der Waals surface area contributed by atoms with Crippen LogP contribution in [-0.4, -0.2) is 16.7 Å². The maximum atomic E-state index is 4.01. The fourth-order valence-corrected chi connectivity index (χ4v) is 1.85. The summed E-state index contributed by atoms with van der Waals surface area (Å²) in [5, 5.41) is 10.5. The van der Waals surface area contributed by atoms with Crippen molar-refractivity contribution in [2.24, 2.45) is 5.41 Å². The van der Waals surface area contributed by atoms with Crippen LogP contribution < -0.4 is 5.32 Å². The van der Waals surface area contributed by atoms with Gasteiger partial charge >= 0.3 is 0 Å². The Labute approximate surface area is 85.3 Å². The Bertz CT molecular complexity index is 299. The molecule has 2 N–H and O–H groups in total. The summed E-state index contributed by atoms with van der Waals surface area (Å²) >= 11 is 0. The minimum absolute atomic E-state index is 0.637. The molecule has 0 aromatic carbocycles. The van der Waals surface area contributed by atoms with E-state index in [0.717, 1.165) is 13.1 Å². The van der Waals surface area contributed by atoms with Gasteiger partial charge in [0, 0.05) is 24.3 Å². The Morgan fingerprint density at radius 2 is 2.36 bits per heavy atom. The zero-order valence-electron chi connectivity index (χ0n) is 9.06. The summed E-state index contributed by atoms with van der Waals surface area (Å²) in [5.74, 6) is 0. The van der Waals surface area contributed by atoms with Gasteiger partial charge in [0.25, 0.3) is 0 Å². The molecule has 14 heavy (non-hydrogen) atoms. The number of nitrogens with one attached hydrogen (secondary N) is 2. The van der Waals surface area contributed by atoms with Gasteiger partial charge in [0.15, 0.2) is 0 Å². The molecule has 0 spiro atoms. The summed E-state index contributed by atoms with van der Waals surface area (Å²) < 4.78 is 0. The van der Waals surface area contributed by atoms with Crippen LogP contribution in [0.4, 0.5) is 0 Å². The highest BCUT2D eigenvalue weighted by Gasteiger charge is 2.39. The monoisotopic (exact) mass is 193 g/mol. The second-order valence-electron chi connectivity index (χ2n) is 4.48. The van der Waals surface area contributed by atoms with Crippen molar-refractivity contribution in [1.29, 1.82) is 0 Å². The first-order valence-corrected chi connectivity index (χ1v) is 5.45. The normalized spacial score (nSPS) is 18.4. The van der Waals surface area contributed by atoms with Crippen molar-refractivity contribution in [2.75, 3.05) is 6.54 Å². The van der Waals surface area contributed by atoms with Gasteiger partial charge in [0.2, 0.25) is 0 Å². The van der Waals surface area contributed by atoms with E-state index in [9.17, 15) is 0 Å². The SMILES string of the molecule is CCC1(CNCc2cn[nH]c2C)CC1. The Hall–Kier alpha value is -0.830. The van der Waals surface area contributed by atoms with Crippen molar-refractivity contribution in [1.82, 2.24) is 15.5 Å². The minimum atomic E-state index is 0.637. The van der Waals surface area contributed by atoms with Crippen LogP contribution in [0, 0.1) is 12.3 Å². The molecule has 0 aliphatic heterocycles. The van der Waals surface area contributed by atoms with Gasteiger partial charge in [-0.3, -0.25) is 5.10 Å². The Kier molecular flexibility index (Phi) is 2.59. The topological polar surface area (TPSA) is 40.7 Å². The lowest BCUT2D eigenvalue weighted by Crippen LogP contribution is -2.23. The Morgan fingerprint density at radius 3 is 2.86 bits per heavy atom. The molecule has 0 unspecified atom stereocenters. The van der Waals surface area contributed by atoms with Crippen molar-refractivity contribution in [3.63, 3.8) is 0 Å². The van der Waals surface area contributed by atoms with Gasteiger partial charge in [-0.25, -0.2) is 0 Å². The summed E-state index contributed by atoms with van der Waals surface area (Å²) in [5.41, 5.74) is 3.10. The lowest BCUT2D eigenvalue weighted by atomic mass is 10.0. The largest absolute Gasteiger partial charge is 0.312 e. The second-order valence-corrected chi connectivity index (χ2v) is 4.48. The minimum Gasteiger partial charge on any atom is -0.312 e. The first-order chi connectivity index (χ1) is 6.76. The fourth-order valence-electron chi connectivity index (χ4n) is 1.85. The molecule has 1 aliphatic carbocycles. The molecule has 1 heterocycles. The third kappa shape index (κ3) is 1.98. The zero-order chi connectivity index (χ0) is 10.0. The molecule has 3 nitrogen and oxygen atoms in total. The van der Waals surface area contributed by atoms with Crippen LogP contribution >= 0.6 is 0 Å². The number of aryl methyl sites for hydroxylation is 1. The highest BCUT2D eigenvalue weighted by Crippen LogP contribution is 2.47. The summed E-state index contributed by atoms with van der Waals surface area (Å²) in [6.07, 6.45) is 6.03. The van der Waals surface area contributed by atoms with Gasteiger partial charge in [-0.15, -0.1) is 0 Å². The first kappa shape index (κ1) is 9.71. The number of hydrogen-bond donors (Lipinski definition) is 2. The Balaban J connectivity index is 1.76. The van der Waals surface area contributed by atoms with E-state index in [2.05, 4.69) is 29.4 Å². The van der Waals surface area contributed by atoms with E-state index in [1.54, 1.807) is 0 Å². The first-order valence-electron chi connectivity index (χ1n) is 5.45. The summed E-state index contributed by atoms with van der Waals surface area (Å²) in [7, 11) is 0. The number of nitrogens with zero attached hydrogens (tertiary/aromatic N) is 1. The average molecular weight is 193 g/mol. The van der Waals surface area contributed by atoms with Gasteiger partial charge < -0.3 is 5.32 Å². The van der Waals surface area contributed by atoms with E-state index in [0.29, 0.717) is 5.41 Å².